The summed E-state index contributed by atoms with van der Waals surface area (Å²) in [6.45, 7) is 9.55. The molecule has 1 aromatic heterocycles. The maximum absolute atomic E-state index is 4.45. The van der Waals surface area contributed by atoms with Crippen LogP contribution in [0.5, 0.6) is 0 Å². The fourth-order valence-electron chi connectivity index (χ4n) is 2.68. The van der Waals surface area contributed by atoms with Crippen LogP contribution in [0, 0.1) is 19.3 Å². The lowest BCUT2D eigenvalue weighted by Crippen LogP contribution is -2.40. The van der Waals surface area contributed by atoms with Crippen molar-refractivity contribution in [2.75, 3.05) is 25.0 Å². The van der Waals surface area contributed by atoms with Crippen molar-refractivity contribution in [3.63, 3.8) is 0 Å². The molecule has 2 rings (SSSR count). The van der Waals surface area contributed by atoms with Gasteiger partial charge < -0.3 is 10.6 Å². The Morgan fingerprint density at radius 1 is 1.22 bits per heavy atom. The number of piperidine rings is 1. The summed E-state index contributed by atoms with van der Waals surface area (Å²) in [5.41, 5.74) is 2.47. The van der Waals surface area contributed by atoms with Gasteiger partial charge in [-0.15, -0.1) is 0 Å². The highest BCUT2D eigenvalue weighted by Crippen LogP contribution is 2.32. The first kappa shape index (κ1) is 13.3. The molecule has 0 aromatic carbocycles. The zero-order valence-electron chi connectivity index (χ0n) is 11.7. The second-order valence-corrected chi connectivity index (χ2v) is 5.43. The van der Waals surface area contributed by atoms with Crippen molar-refractivity contribution in [2.45, 2.75) is 40.0 Å². The molecule has 18 heavy (non-hydrogen) atoms. The zero-order valence-corrected chi connectivity index (χ0v) is 11.7. The number of aromatic nitrogens is 2. The largest absolute Gasteiger partial charge is 0.354 e. The quantitative estimate of drug-likeness (QED) is 0.858. The van der Waals surface area contributed by atoms with Gasteiger partial charge in [0.05, 0.1) is 0 Å². The number of aryl methyl sites for hydroxylation is 2. The Morgan fingerprint density at radius 2 is 1.83 bits per heavy atom. The van der Waals surface area contributed by atoms with Gasteiger partial charge in [-0.25, -0.2) is 9.97 Å². The Balaban J connectivity index is 2.00. The van der Waals surface area contributed by atoms with Crippen LogP contribution in [0.1, 0.15) is 37.6 Å². The predicted octanol–water partition coefficient (Wildman–Crippen LogP) is 2.29. The van der Waals surface area contributed by atoms with Crippen molar-refractivity contribution < 1.29 is 0 Å². The van der Waals surface area contributed by atoms with Gasteiger partial charge in [0.25, 0.3) is 0 Å². The van der Waals surface area contributed by atoms with Crippen molar-refractivity contribution in [1.82, 2.24) is 15.3 Å². The Labute approximate surface area is 110 Å². The number of hydrogen-bond acceptors (Lipinski definition) is 4. The van der Waals surface area contributed by atoms with Gasteiger partial charge >= 0.3 is 0 Å². The molecule has 1 aliphatic rings. The van der Waals surface area contributed by atoms with E-state index in [1.165, 1.54) is 19.3 Å². The highest BCUT2D eigenvalue weighted by atomic mass is 15.1. The van der Waals surface area contributed by atoms with Crippen molar-refractivity contribution in [1.29, 1.82) is 0 Å². The van der Waals surface area contributed by atoms with Gasteiger partial charge in [-0.2, -0.15) is 0 Å². The zero-order chi connectivity index (χ0) is 13.0. The molecule has 100 valence electrons. The molecule has 1 fully saturated rings. The highest BCUT2D eigenvalue weighted by molar-refractivity contribution is 5.28. The molecular formula is C14H24N4. The highest BCUT2D eigenvalue weighted by Gasteiger charge is 2.29. The van der Waals surface area contributed by atoms with E-state index in [1.807, 2.05) is 19.9 Å². The summed E-state index contributed by atoms with van der Waals surface area (Å²) in [4.78, 5) is 8.89. The topological polar surface area (TPSA) is 49.8 Å². The second kappa shape index (κ2) is 5.65. The van der Waals surface area contributed by atoms with Crippen LogP contribution in [0.2, 0.25) is 0 Å². The molecule has 0 unspecified atom stereocenters. The van der Waals surface area contributed by atoms with Crippen LogP contribution < -0.4 is 10.6 Å². The van der Waals surface area contributed by atoms with Gasteiger partial charge in [-0.3, -0.25) is 0 Å². The van der Waals surface area contributed by atoms with E-state index in [2.05, 4.69) is 27.5 Å². The lowest BCUT2D eigenvalue weighted by Gasteiger charge is -2.37. The average Bonchev–Trinajstić information content (AvgIpc) is 2.36. The van der Waals surface area contributed by atoms with Crippen LogP contribution in [0.4, 0.5) is 5.95 Å². The summed E-state index contributed by atoms with van der Waals surface area (Å²) < 4.78 is 0. The Kier molecular flexibility index (Phi) is 4.17. The Morgan fingerprint density at radius 3 is 2.39 bits per heavy atom. The van der Waals surface area contributed by atoms with E-state index in [0.29, 0.717) is 5.41 Å². The van der Waals surface area contributed by atoms with Gasteiger partial charge in [-0.1, -0.05) is 6.92 Å². The summed E-state index contributed by atoms with van der Waals surface area (Å²) in [6.07, 6.45) is 3.69. The Hall–Kier alpha value is -1.16. The first-order valence-electron chi connectivity index (χ1n) is 6.90. The molecule has 0 aliphatic carbocycles. The third kappa shape index (κ3) is 3.19. The molecule has 0 amide bonds. The van der Waals surface area contributed by atoms with Gasteiger partial charge in [0.2, 0.25) is 5.95 Å². The molecule has 0 saturated carbocycles. The molecule has 0 spiro atoms. The molecule has 0 bridgehead atoms. The van der Waals surface area contributed by atoms with Crippen LogP contribution >= 0.6 is 0 Å². The van der Waals surface area contributed by atoms with E-state index in [9.17, 15) is 0 Å². The third-order valence-corrected chi connectivity index (χ3v) is 4.02. The maximum Gasteiger partial charge on any atom is 0.223 e. The molecule has 0 atom stereocenters. The number of hydrogen-bond donors (Lipinski definition) is 2. The number of nitrogens with zero attached hydrogens (tertiary/aromatic N) is 2. The van der Waals surface area contributed by atoms with Gasteiger partial charge in [0, 0.05) is 17.9 Å². The summed E-state index contributed by atoms with van der Waals surface area (Å²) in [6, 6.07) is 2.01. The lowest BCUT2D eigenvalue weighted by molar-refractivity contribution is 0.210. The van der Waals surface area contributed by atoms with E-state index in [-0.39, 0.29) is 0 Å². The molecule has 1 aromatic rings. The molecular weight excluding hydrogens is 224 g/mol. The summed E-state index contributed by atoms with van der Waals surface area (Å²) in [5.74, 6) is 0.777. The summed E-state index contributed by atoms with van der Waals surface area (Å²) >= 11 is 0. The van der Waals surface area contributed by atoms with Crippen LogP contribution in [0.3, 0.4) is 0 Å². The molecule has 4 heteroatoms. The van der Waals surface area contributed by atoms with E-state index in [1.54, 1.807) is 0 Å². The second-order valence-electron chi connectivity index (χ2n) is 5.43. The molecule has 1 aliphatic heterocycles. The predicted molar refractivity (Wildman–Crippen MR) is 74.8 cm³/mol. The minimum absolute atomic E-state index is 0.409. The molecule has 2 N–H and O–H groups in total. The van der Waals surface area contributed by atoms with E-state index < -0.39 is 0 Å². The van der Waals surface area contributed by atoms with E-state index in [0.717, 1.165) is 37.0 Å². The molecule has 2 heterocycles. The third-order valence-electron chi connectivity index (χ3n) is 4.02. The van der Waals surface area contributed by atoms with Crippen molar-refractivity contribution in [2.24, 2.45) is 5.41 Å². The van der Waals surface area contributed by atoms with Crippen molar-refractivity contribution in [3.8, 4) is 0 Å². The van der Waals surface area contributed by atoms with Crippen LogP contribution in [0.15, 0.2) is 6.07 Å². The van der Waals surface area contributed by atoms with Crippen molar-refractivity contribution in [3.05, 3.63) is 17.5 Å². The first-order chi connectivity index (χ1) is 8.63. The average molecular weight is 248 g/mol. The minimum Gasteiger partial charge on any atom is -0.354 e. The monoisotopic (exact) mass is 248 g/mol. The fraction of sp³-hybridized carbons (Fsp3) is 0.714. The van der Waals surface area contributed by atoms with E-state index in [4.69, 9.17) is 0 Å². The first-order valence-corrected chi connectivity index (χ1v) is 6.90. The smallest absolute Gasteiger partial charge is 0.223 e. The maximum atomic E-state index is 4.45. The van der Waals surface area contributed by atoms with Crippen molar-refractivity contribution >= 4 is 5.95 Å². The SMILES string of the molecule is CCC1(CNc2nc(C)cc(C)n2)CCNCC1. The number of rotatable bonds is 4. The standard InChI is InChI=1S/C14H24N4/c1-4-14(5-7-15-8-6-14)10-16-13-17-11(2)9-12(3)18-13/h9,15H,4-8,10H2,1-3H3,(H,16,17,18). The van der Waals surface area contributed by atoms with E-state index >= 15 is 0 Å². The lowest BCUT2D eigenvalue weighted by atomic mass is 9.76. The van der Waals surface area contributed by atoms with Crippen LogP contribution in [-0.2, 0) is 0 Å². The van der Waals surface area contributed by atoms with Crippen LogP contribution in [-0.4, -0.2) is 29.6 Å². The number of nitrogens with one attached hydrogen (secondary N) is 2. The Bertz CT molecular complexity index is 377. The number of anilines is 1. The van der Waals surface area contributed by atoms with Crippen LogP contribution in [0.25, 0.3) is 0 Å². The molecule has 0 radical (unpaired) electrons. The normalized spacial score (nSPS) is 18.6. The minimum atomic E-state index is 0.409. The molecule has 1 saturated heterocycles. The van der Waals surface area contributed by atoms with Gasteiger partial charge in [0.1, 0.15) is 0 Å². The van der Waals surface area contributed by atoms with Gasteiger partial charge in [-0.05, 0) is 57.7 Å². The summed E-state index contributed by atoms with van der Waals surface area (Å²) in [5, 5.41) is 6.87. The van der Waals surface area contributed by atoms with Gasteiger partial charge in [0.15, 0.2) is 0 Å². The fourth-order valence-corrected chi connectivity index (χ4v) is 2.68. The molecule has 4 nitrogen and oxygen atoms in total. The summed E-state index contributed by atoms with van der Waals surface area (Å²) in [7, 11) is 0.